The number of benzene rings is 1. The molecule has 0 aliphatic rings. The van der Waals surface area contributed by atoms with Crippen LogP contribution >= 0.6 is 0 Å². The Morgan fingerprint density at radius 1 is 1.57 bits per heavy atom. The summed E-state index contributed by atoms with van der Waals surface area (Å²) in [6.45, 7) is 5.90. The molecule has 0 heterocycles. The van der Waals surface area contributed by atoms with E-state index in [1.165, 1.54) is 6.07 Å². The van der Waals surface area contributed by atoms with Crippen molar-refractivity contribution >= 4 is 5.69 Å². The molecule has 0 bridgehead atoms. The van der Waals surface area contributed by atoms with E-state index in [9.17, 15) is 10.1 Å². The molecule has 3 heteroatoms. The van der Waals surface area contributed by atoms with E-state index in [0.717, 1.165) is 18.4 Å². The summed E-state index contributed by atoms with van der Waals surface area (Å²) in [5.41, 5.74) is 1.17. The van der Waals surface area contributed by atoms with Crippen LogP contribution in [-0.4, -0.2) is 4.92 Å². The van der Waals surface area contributed by atoms with Crippen LogP contribution < -0.4 is 0 Å². The minimum absolute atomic E-state index is 0.161. The topological polar surface area (TPSA) is 43.1 Å². The van der Waals surface area contributed by atoms with E-state index in [0.29, 0.717) is 5.92 Å². The van der Waals surface area contributed by atoms with E-state index in [1.54, 1.807) is 12.1 Å². The normalized spacial score (nSPS) is 10.5. The number of hydrogen-bond donors (Lipinski definition) is 0. The molecule has 1 rings (SSSR count). The van der Waals surface area contributed by atoms with Gasteiger partial charge in [0.2, 0.25) is 0 Å². The summed E-state index contributed by atoms with van der Waals surface area (Å²) in [6.07, 6.45) is 1.74. The zero-order valence-corrected chi connectivity index (χ0v) is 8.27. The van der Waals surface area contributed by atoms with Crippen LogP contribution in [0.4, 0.5) is 5.69 Å². The quantitative estimate of drug-likeness (QED) is 0.542. The first kappa shape index (κ1) is 10.7. The van der Waals surface area contributed by atoms with Crippen LogP contribution in [0.1, 0.15) is 31.2 Å². The monoisotopic (exact) mass is 192 g/mol. The summed E-state index contributed by atoms with van der Waals surface area (Å²) in [5, 5.41) is 10.5. The van der Waals surface area contributed by atoms with Gasteiger partial charge in [-0.2, -0.15) is 0 Å². The summed E-state index contributed by atoms with van der Waals surface area (Å²) >= 11 is 0. The summed E-state index contributed by atoms with van der Waals surface area (Å²) in [4.78, 5) is 10.2. The average Bonchev–Trinajstić information content (AvgIpc) is 2.20. The molecular formula is C11H14NO2. The van der Waals surface area contributed by atoms with Gasteiger partial charge in [0.15, 0.2) is 0 Å². The van der Waals surface area contributed by atoms with Crippen LogP contribution in [0.25, 0.3) is 0 Å². The Bertz CT molecular complexity index is 319. The largest absolute Gasteiger partial charge is 0.269 e. The third kappa shape index (κ3) is 2.31. The second-order valence-corrected chi connectivity index (χ2v) is 3.25. The fraction of sp³-hybridized carbons (Fsp3) is 0.364. The summed E-state index contributed by atoms with van der Waals surface area (Å²) in [7, 11) is 0. The molecule has 0 aliphatic carbocycles. The van der Waals surface area contributed by atoms with Crippen molar-refractivity contribution in [2.45, 2.75) is 25.7 Å². The fourth-order valence-electron chi connectivity index (χ4n) is 1.50. The Kier molecular flexibility index (Phi) is 3.63. The lowest BCUT2D eigenvalue weighted by atomic mass is 9.94. The highest BCUT2D eigenvalue weighted by atomic mass is 16.6. The van der Waals surface area contributed by atoms with E-state index in [4.69, 9.17) is 0 Å². The molecule has 0 saturated heterocycles. The minimum Gasteiger partial charge on any atom is -0.258 e. The maximum atomic E-state index is 10.5. The van der Waals surface area contributed by atoms with Gasteiger partial charge >= 0.3 is 0 Å². The lowest BCUT2D eigenvalue weighted by molar-refractivity contribution is -0.384. The lowest BCUT2D eigenvalue weighted by Gasteiger charge is -2.11. The molecule has 1 atom stereocenters. The first-order chi connectivity index (χ1) is 6.69. The molecule has 0 amide bonds. The van der Waals surface area contributed by atoms with Crippen LogP contribution in [0.5, 0.6) is 0 Å². The van der Waals surface area contributed by atoms with Crippen molar-refractivity contribution in [2.75, 3.05) is 0 Å². The maximum absolute atomic E-state index is 10.5. The molecular weight excluding hydrogens is 178 g/mol. The summed E-state index contributed by atoms with van der Waals surface area (Å²) in [5.74, 6) is 0.329. The first-order valence-corrected chi connectivity index (χ1v) is 4.72. The predicted octanol–water partition coefficient (Wildman–Crippen LogP) is 3.31. The van der Waals surface area contributed by atoms with E-state index < -0.39 is 0 Å². The highest BCUT2D eigenvalue weighted by Gasteiger charge is 2.11. The smallest absolute Gasteiger partial charge is 0.258 e. The van der Waals surface area contributed by atoms with Gasteiger partial charge in [0.1, 0.15) is 0 Å². The van der Waals surface area contributed by atoms with Gasteiger partial charge in [0, 0.05) is 12.1 Å². The van der Waals surface area contributed by atoms with Gasteiger partial charge in [0.05, 0.1) is 4.92 Å². The number of nitro benzene ring substituents is 1. The van der Waals surface area contributed by atoms with Gasteiger partial charge in [-0.25, -0.2) is 0 Å². The number of hydrogen-bond acceptors (Lipinski definition) is 2. The standard InChI is InChI=1S/C11H14NO2/c1-3-9(4-2)10-6-5-7-11(8-10)12(13)14/h5-9H,1,3-4H2,2H3. The number of nitro groups is 1. The second-order valence-electron chi connectivity index (χ2n) is 3.25. The molecule has 3 nitrogen and oxygen atoms in total. The molecule has 75 valence electrons. The van der Waals surface area contributed by atoms with Crippen molar-refractivity contribution in [3.63, 3.8) is 0 Å². The molecule has 1 aromatic carbocycles. The highest BCUT2D eigenvalue weighted by molar-refractivity contribution is 5.36. The Morgan fingerprint density at radius 3 is 2.79 bits per heavy atom. The summed E-state index contributed by atoms with van der Waals surface area (Å²) < 4.78 is 0. The molecule has 0 saturated carbocycles. The van der Waals surface area contributed by atoms with Crippen molar-refractivity contribution in [1.29, 1.82) is 0 Å². The first-order valence-electron chi connectivity index (χ1n) is 4.72. The van der Waals surface area contributed by atoms with Crippen molar-refractivity contribution < 1.29 is 4.92 Å². The van der Waals surface area contributed by atoms with Gasteiger partial charge in [0.25, 0.3) is 5.69 Å². The molecule has 14 heavy (non-hydrogen) atoms. The van der Waals surface area contributed by atoms with E-state index in [2.05, 4.69) is 13.8 Å². The molecule has 1 unspecified atom stereocenters. The number of nitrogens with zero attached hydrogens (tertiary/aromatic N) is 1. The molecule has 0 N–H and O–H groups in total. The molecule has 0 spiro atoms. The highest BCUT2D eigenvalue weighted by Crippen LogP contribution is 2.25. The summed E-state index contributed by atoms with van der Waals surface area (Å²) in [6, 6.07) is 6.80. The van der Waals surface area contributed by atoms with Gasteiger partial charge in [-0.3, -0.25) is 10.1 Å². The molecule has 1 aromatic rings. The van der Waals surface area contributed by atoms with Crippen molar-refractivity contribution in [2.24, 2.45) is 0 Å². The zero-order valence-electron chi connectivity index (χ0n) is 8.27. The molecule has 0 aromatic heterocycles. The van der Waals surface area contributed by atoms with Gasteiger partial charge < -0.3 is 0 Å². The number of rotatable bonds is 4. The molecule has 0 aliphatic heterocycles. The van der Waals surface area contributed by atoms with Gasteiger partial charge in [-0.15, -0.1) is 0 Å². The Morgan fingerprint density at radius 2 is 2.29 bits per heavy atom. The Balaban J connectivity index is 2.98. The SMILES string of the molecule is [CH2]CC(CC)c1cccc([N+](=O)[O-])c1. The van der Waals surface area contributed by atoms with E-state index >= 15 is 0 Å². The van der Waals surface area contributed by atoms with E-state index in [-0.39, 0.29) is 10.6 Å². The fourth-order valence-corrected chi connectivity index (χ4v) is 1.50. The molecule has 0 fully saturated rings. The second kappa shape index (κ2) is 4.74. The third-order valence-corrected chi connectivity index (χ3v) is 2.39. The Hall–Kier alpha value is -1.38. The maximum Gasteiger partial charge on any atom is 0.269 e. The van der Waals surface area contributed by atoms with Crippen molar-refractivity contribution in [1.82, 2.24) is 0 Å². The van der Waals surface area contributed by atoms with Crippen molar-refractivity contribution in [3.05, 3.63) is 46.9 Å². The third-order valence-electron chi connectivity index (χ3n) is 2.39. The van der Waals surface area contributed by atoms with Crippen LogP contribution in [-0.2, 0) is 0 Å². The predicted molar refractivity (Wildman–Crippen MR) is 56.1 cm³/mol. The van der Waals surface area contributed by atoms with Crippen molar-refractivity contribution in [3.8, 4) is 0 Å². The molecule has 1 radical (unpaired) electrons. The average molecular weight is 192 g/mol. The van der Waals surface area contributed by atoms with Crippen LogP contribution in [0, 0.1) is 17.0 Å². The van der Waals surface area contributed by atoms with Crippen LogP contribution in [0.2, 0.25) is 0 Å². The lowest BCUT2D eigenvalue weighted by Crippen LogP contribution is -1.96. The van der Waals surface area contributed by atoms with E-state index in [1.807, 2.05) is 6.07 Å². The van der Waals surface area contributed by atoms with Crippen LogP contribution in [0.3, 0.4) is 0 Å². The minimum atomic E-state index is -0.362. The van der Waals surface area contributed by atoms with Gasteiger partial charge in [-0.1, -0.05) is 26.0 Å². The number of non-ortho nitro benzene ring substituents is 1. The van der Waals surface area contributed by atoms with Gasteiger partial charge in [-0.05, 0) is 24.3 Å². The van der Waals surface area contributed by atoms with Crippen LogP contribution in [0.15, 0.2) is 24.3 Å². The Labute approximate surface area is 83.9 Å². The zero-order chi connectivity index (χ0) is 10.6.